The molecule has 0 aliphatic heterocycles. The minimum atomic E-state index is -1.10. The lowest BCUT2D eigenvalue weighted by atomic mass is 10.1. The van der Waals surface area contributed by atoms with Crippen molar-refractivity contribution in [2.45, 2.75) is 6.54 Å². The van der Waals surface area contributed by atoms with E-state index in [0.717, 1.165) is 5.56 Å². The van der Waals surface area contributed by atoms with Gasteiger partial charge in [-0.1, -0.05) is 23.7 Å². The number of aromatic nitrogens is 2. The number of aliphatic hydroxyl groups is 1. The number of hydrogen-bond acceptors (Lipinski definition) is 3. The third kappa shape index (κ3) is 2.52. The summed E-state index contributed by atoms with van der Waals surface area (Å²) >= 11 is 5.80. The number of carboxylic acids is 1. The number of rotatable bonds is 4. The second kappa shape index (κ2) is 5.20. The number of benzene rings is 1. The van der Waals surface area contributed by atoms with Gasteiger partial charge in [0.25, 0.3) is 0 Å². The number of halogens is 1. The Labute approximate surface area is 108 Å². The van der Waals surface area contributed by atoms with Crippen molar-refractivity contribution in [3.05, 3.63) is 41.0 Å². The summed E-state index contributed by atoms with van der Waals surface area (Å²) in [6, 6.07) is 8.46. The first-order valence-corrected chi connectivity index (χ1v) is 5.67. The van der Waals surface area contributed by atoms with E-state index in [4.69, 9.17) is 21.8 Å². The van der Waals surface area contributed by atoms with Gasteiger partial charge in [-0.2, -0.15) is 5.10 Å². The smallest absolute Gasteiger partial charge is 0.356 e. The van der Waals surface area contributed by atoms with Crippen molar-refractivity contribution in [2.24, 2.45) is 0 Å². The summed E-state index contributed by atoms with van der Waals surface area (Å²) < 4.78 is 1.46. The van der Waals surface area contributed by atoms with Crippen molar-refractivity contribution >= 4 is 17.6 Å². The molecule has 0 radical (unpaired) electrons. The molecule has 0 spiro atoms. The fraction of sp³-hybridized carbons (Fsp3) is 0.167. The van der Waals surface area contributed by atoms with Gasteiger partial charge in [0.15, 0.2) is 5.69 Å². The van der Waals surface area contributed by atoms with Crippen LogP contribution in [0.25, 0.3) is 11.3 Å². The third-order valence-electron chi connectivity index (χ3n) is 2.45. The third-order valence-corrected chi connectivity index (χ3v) is 2.70. The molecule has 2 N–H and O–H groups in total. The average molecular weight is 267 g/mol. The minimum Gasteiger partial charge on any atom is -0.476 e. The highest BCUT2D eigenvalue weighted by molar-refractivity contribution is 6.30. The quantitative estimate of drug-likeness (QED) is 0.886. The van der Waals surface area contributed by atoms with Gasteiger partial charge in [0.05, 0.1) is 18.8 Å². The second-order valence-corrected chi connectivity index (χ2v) is 4.11. The van der Waals surface area contributed by atoms with Gasteiger partial charge < -0.3 is 10.2 Å². The Morgan fingerprint density at radius 3 is 2.56 bits per heavy atom. The van der Waals surface area contributed by atoms with E-state index in [9.17, 15) is 4.79 Å². The standard InChI is InChI=1S/C12H11ClN2O3/c13-9-3-1-8(2-4-9)11-7-10(12(17)18)14-15(11)5-6-16/h1-4,7,16H,5-6H2,(H,17,18). The van der Waals surface area contributed by atoms with Crippen LogP contribution >= 0.6 is 11.6 Å². The van der Waals surface area contributed by atoms with Crippen LogP contribution in [0, 0.1) is 0 Å². The van der Waals surface area contributed by atoms with Gasteiger partial charge in [-0.3, -0.25) is 4.68 Å². The fourth-order valence-electron chi connectivity index (χ4n) is 1.64. The molecule has 2 rings (SSSR count). The zero-order chi connectivity index (χ0) is 13.1. The molecule has 6 heteroatoms. The first-order valence-electron chi connectivity index (χ1n) is 5.30. The van der Waals surface area contributed by atoms with Crippen molar-refractivity contribution in [1.29, 1.82) is 0 Å². The van der Waals surface area contributed by atoms with E-state index in [1.54, 1.807) is 24.3 Å². The van der Waals surface area contributed by atoms with Gasteiger partial charge in [-0.05, 0) is 23.8 Å². The van der Waals surface area contributed by atoms with Crippen LogP contribution in [0.5, 0.6) is 0 Å². The first kappa shape index (κ1) is 12.6. The van der Waals surface area contributed by atoms with Crippen LogP contribution in [0.15, 0.2) is 30.3 Å². The molecule has 2 aromatic rings. The number of nitrogens with zero attached hydrogens (tertiary/aromatic N) is 2. The van der Waals surface area contributed by atoms with Crippen LogP contribution in [0.3, 0.4) is 0 Å². The fourth-order valence-corrected chi connectivity index (χ4v) is 1.77. The number of carbonyl (C=O) groups is 1. The zero-order valence-corrected chi connectivity index (χ0v) is 10.1. The minimum absolute atomic E-state index is 0.0478. The topological polar surface area (TPSA) is 75.3 Å². The maximum Gasteiger partial charge on any atom is 0.356 e. The highest BCUT2D eigenvalue weighted by atomic mass is 35.5. The van der Waals surface area contributed by atoms with Crippen LogP contribution in [-0.2, 0) is 6.54 Å². The molecule has 0 amide bonds. The molecule has 0 bridgehead atoms. The first-order chi connectivity index (χ1) is 8.61. The molecule has 0 aliphatic carbocycles. The molecule has 5 nitrogen and oxygen atoms in total. The molecule has 1 aromatic carbocycles. The molecule has 1 heterocycles. The number of hydrogen-bond donors (Lipinski definition) is 2. The largest absolute Gasteiger partial charge is 0.476 e. The summed E-state index contributed by atoms with van der Waals surface area (Å²) in [5.74, 6) is -1.10. The molecule has 94 valence electrons. The Balaban J connectivity index is 2.47. The highest BCUT2D eigenvalue weighted by Gasteiger charge is 2.14. The van der Waals surface area contributed by atoms with Gasteiger partial charge in [-0.25, -0.2) is 4.79 Å². The average Bonchev–Trinajstić information content (AvgIpc) is 2.75. The lowest BCUT2D eigenvalue weighted by Gasteiger charge is -2.05. The summed E-state index contributed by atoms with van der Waals surface area (Å²) in [5.41, 5.74) is 1.39. The molecule has 0 saturated heterocycles. The number of aliphatic hydroxyl groups excluding tert-OH is 1. The molecule has 0 aliphatic rings. The molecule has 1 aromatic heterocycles. The van der Waals surface area contributed by atoms with Gasteiger partial charge in [0.2, 0.25) is 0 Å². The van der Waals surface area contributed by atoms with E-state index < -0.39 is 5.97 Å². The predicted molar refractivity (Wildman–Crippen MR) is 66.7 cm³/mol. The van der Waals surface area contributed by atoms with Crippen molar-refractivity contribution in [3.8, 4) is 11.3 Å². The molecule has 18 heavy (non-hydrogen) atoms. The number of carboxylic acid groups (broad SMARTS) is 1. The van der Waals surface area contributed by atoms with E-state index in [1.165, 1.54) is 10.7 Å². The van der Waals surface area contributed by atoms with E-state index >= 15 is 0 Å². The zero-order valence-electron chi connectivity index (χ0n) is 9.38. The highest BCUT2D eigenvalue weighted by Crippen LogP contribution is 2.22. The van der Waals surface area contributed by atoms with Gasteiger partial charge in [0, 0.05) is 5.02 Å². The van der Waals surface area contributed by atoms with Gasteiger partial charge in [-0.15, -0.1) is 0 Å². The summed E-state index contributed by atoms with van der Waals surface area (Å²) in [7, 11) is 0. The van der Waals surface area contributed by atoms with Crippen LogP contribution in [0.2, 0.25) is 5.02 Å². The Bertz CT molecular complexity index is 563. The summed E-state index contributed by atoms with van der Waals surface area (Å²) in [5, 5.41) is 22.4. The second-order valence-electron chi connectivity index (χ2n) is 3.67. The molecule has 0 unspecified atom stereocenters. The van der Waals surface area contributed by atoms with Crippen LogP contribution in [0.1, 0.15) is 10.5 Å². The predicted octanol–water partition coefficient (Wildman–Crippen LogP) is 1.89. The molecular weight excluding hydrogens is 256 g/mol. The van der Waals surface area contributed by atoms with Crippen molar-refractivity contribution < 1.29 is 15.0 Å². The van der Waals surface area contributed by atoms with Crippen molar-refractivity contribution in [1.82, 2.24) is 9.78 Å². The Morgan fingerprint density at radius 1 is 1.33 bits per heavy atom. The number of aromatic carboxylic acids is 1. The van der Waals surface area contributed by atoms with E-state index in [2.05, 4.69) is 5.10 Å². The van der Waals surface area contributed by atoms with E-state index in [0.29, 0.717) is 10.7 Å². The van der Waals surface area contributed by atoms with Gasteiger partial charge in [0.1, 0.15) is 0 Å². The van der Waals surface area contributed by atoms with Crippen molar-refractivity contribution in [3.63, 3.8) is 0 Å². The maximum absolute atomic E-state index is 10.9. The van der Waals surface area contributed by atoms with E-state index in [-0.39, 0.29) is 18.8 Å². The normalized spacial score (nSPS) is 10.6. The van der Waals surface area contributed by atoms with E-state index in [1.807, 2.05) is 0 Å². The summed E-state index contributed by atoms with van der Waals surface area (Å²) in [6.45, 7) is 0.132. The lowest BCUT2D eigenvalue weighted by molar-refractivity contribution is 0.0689. The lowest BCUT2D eigenvalue weighted by Crippen LogP contribution is -2.07. The molecule has 0 saturated carbocycles. The van der Waals surface area contributed by atoms with Crippen LogP contribution < -0.4 is 0 Å². The maximum atomic E-state index is 10.9. The Hall–Kier alpha value is -1.85. The Kier molecular flexibility index (Phi) is 3.64. The van der Waals surface area contributed by atoms with Crippen LogP contribution in [-0.4, -0.2) is 32.6 Å². The van der Waals surface area contributed by atoms with Crippen molar-refractivity contribution in [2.75, 3.05) is 6.61 Å². The SMILES string of the molecule is O=C(O)c1cc(-c2ccc(Cl)cc2)n(CCO)n1. The Morgan fingerprint density at radius 2 is 2.00 bits per heavy atom. The monoisotopic (exact) mass is 266 g/mol. The summed E-state index contributed by atoms with van der Waals surface area (Å²) in [6.07, 6.45) is 0. The molecule has 0 atom stereocenters. The molecule has 0 fully saturated rings. The molecular formula is C12H11ClN2O3. The van der Waals surface area contributed by atoms with Gasteiger partial charge >= 0.3 is 5.97 Å². The summed E-state index contributed by atoms with van der Waals surface area (Å²) in [4.78, 5) is 10.9. The van der Waals surface area contributed by atoms with Crippen LogP contribution in [0.4, 0.5) is 0 Å².